The Morgan fingerprint density at radius 2 is 1.28 bits per heavy atom. The van der Waals surface area contributed by atoms with Crippen molar-refractivity contribution in [2.24, 2.45) is 0 Å². The van der Waals surface area contributed by atoms with Crippen LogP contribution in [-0.4, -0.2) is 35.6 Å². The Labute approximate surface area is 115 Å². The Morgan fingerprint density at radius 3 is 1.61 bits per heavy atom. The lowest BCUT2D eigenvalue weighted by Crippen LogP contribution is -2.80. The molecule has 0 aromatic heterocycles. The molecule has 0 spiro atoms. The molecule has 4 heteroatoms. The highest BCUT2D eigenvalue weighted by atomic mass is 29.6. The normalized spacial score (nSPS) is 13.7. The largest absolute Gasteiger partial charge is 0.388 e. The third-order valence-corrected chi connectivity index (χ3v) is 42.8. The number of methoxy groups -OCH3 is 1. The number of hydrogen-bond donors (Lipinski definition) is 0. The zero-order valence-electron chi connectivity index (χ0n) is 13.0. The molecule has 0 N–H and O–H groups in total. The maximum absolute atomic E-state index is 5.75. The maximum Gasteiger partial charge on any atom is 0.102 e. The topological polar surface area (TPSA) is 9.23 Å². The summed E-state index contributed by atoms with van der Waals surface area (Å²) in [6.07, 6.45) is 1.00. The molecule has 0 saturated carbocycles. The highest BCUT2D eigenvalue weighted by molar-refractivity contribution is 7.72. The Kier molecular flexibility index (Phi) is 4.81. The first-order valence-corrected chi connectivity index (χ1v) is 17.9. The summed E-state index contributed by atoms with van der Waals surface area (Å²) in [5.74, 6) is 0. The molecule has 0 fully saturated rings. The van der Waals surface area contributed by atoms with Crippen LogP contribution in [0.15, 0.2) is 30.3 Å². The highest BCUT2D eigenvalue weighted by Crippen LogP contribution is 2.29. The molecule has 0 amide bonds. The molecule has 1 nitrogen and oxygen atoms in total. The minimum Gasteiger partial charge on any atom is -0.388 e. The lowest BCUT2D eigenvalue weighted by Gasteiger charge is -2.50. The number of hydrogen-bond acceptors (Lipinski definition) is 1. The van der Waals surface area contributed by atoms with Crippen LogP contribution in [0.4, 0.5) is 0 Å². The van der Waals surface area contributed by atoms with Crippen molar-refractivity contribution in [3.8, 4) is 0 Å². The summed E-state index contributed by atoms with van der Waals surface area (Å²) in [5, 5.41) is 1.63. The molecule has 0 aliphatic heterocycles. The average molecular weight is 297 g/mol. The molecule has 0 saturated heterocycles. The molecular formula is C14H28OSi3. The molecule has 0 radical (unpaired) electrons. The molecule has 0 aliphatic rings. The van der Waals surface area contributed by atoms with Gasteiger partial charge < -0.3 is 4.74 Å². The monoisotopic (exact) mass is 296 g/mol. The lowest BCUT2D eigenvalue weighted by atomic mass is 10.4. The van der Waals surface area contributed by atoms with E-state index in [0.717, 1.165) is 6.23 Å². The predicted molar refractivity (Wildman–Crippen MR) is 90.4 cm³/mol. The van der Waals surface area contributed by atoms with Crippen molar-refractivity contribution in [1.29, 1.82) is 0 Å². The first kappa shape index (κ1) is 15.9. The van der Waals surface area contributed by atoms with Crippen molar-refractivity contribution in [2.45, 2.75) is 39.3 Å². The van der Waals surface area contributed by atoms with Crippen LogP contribution in [0.25, 0.3) is 0 Å². The van der Waals surface area contributed by atoms with Crippen LogP contribution in [0.1, 0.15) is 0 Å². The van der Waals surface area contributed by atoms with Crippen molar-refractivity contribution in [2.75, 3.05) is 13.3 Å². The van der Waals surface area contributed by atoms with E-state index in [0.29, 0.717) is 0 Å². The van der Waals surface area contributed by atoms with E-state index < -0.39 is 22.3 Å². The van der Waals surface area contributed by atoms with Crippen LogP contribution in [-0.2, 0) is 4.74 Å². The minimum absolute atomic E-state index is 1.00. The Bertz CT molecular complexity index is 362. The second-order valence-electron chi connectivity index (χ2n) is 7.20. The summed E-state index contributed by atoms with van der Waals surface area (Å²) in [6, 6.07) is 11.3. The number of ether oxygens (including phenoxy) is 1. The molecule has 0 aliphatic carbocycles. The van der Waals surface area contributed by atoms with Gasteiger partial charge in [0, 0.05) is 28.5 Å². The second kappa shape index (κ2) is 5.45. The third-order valence-electron chi connectivity index (χ3n) is 4.19. The van der Waals surface area contributed by atoms with E-state index in [9.17, 15) is 0 Å². The summed E-state index contributed by atoms with van der Waals surface area (Å²) < 4.78 is 5.75. The fourth-order valence-corrected chi connectivity index (χ4v) is 46.3. The molecule has 102 valence electrons. The van der Waals surface area contributed by atoms with Crippen molar-refractivity contribution in [1.82, 2.24) is 0 Å². The summed E-state index contributed by atoms with van der Waals surface area (Å²) in [6.45, 7) is 15.3. The second-order valence-corrected chi connectivity index (χ2v) is 34.5. The molecular weight excluding hydrogens is 268 g/mol. The quantitative estimate of drug-likeness (QED) is 0.757. The Hall–Kier alpha value is -0.169. The molecule has 0 bridgehead atoms. The molecule has 0 heterocycles. The average Bonchev–Trinajstić information content (AvgIpc) is 2.23. The van der Waals surface area contributed by atoms with Gasteiger partial charge in [-0.05, 0) is 0 Å². The van der Waals surface area contributed by atoms with Gasteiger partial charge in [0.15, 0.2) is 0 Å². The summed E-state index contributed by atoms with van der Waals surface area (Å²) >= 11 is 0. The lowest BCUT2D eigenvalue weighted by molar-refractivity contribution is 0.250. The van der Waals surface area contributed by atoms with Crippen LogP contribution in [0, 0.1) is 0 Å². The van der Waals surface area contributed by atoms with Crippen LogP contribution >= 0.6 is 0 Å². The van der Waals surface area contributed by atoms with Gasteiger partial charge in [-0.2, -0.15) is 0 Å². The molecule has 1 aromatic rings. The van der Waals surface area contributed by atoms with Gasteiger partial charge in [0.2, 0.25) is 0 Å². The third kappa shape index (κ3) is 2.71. The fraction of sp³-hybridized carbons (Fsp3) is 0.571. The van der Waals surface area contributed by atoms with Crippen molar-refractivity contribution < 1.29 is 4.74 Å². The smallest absolute Gasteiger partial charge is 0.102 e. The van der Waals surface area contributed by atoms with E-state index >= 15 is 0 Å². The van der Waals surface area contributed by atoms with E-state index in [-0.39, 0.29) is 0 Å². The number of benzene rings is 1. The van der Waals surface area contributed by atoms with Gasteiger partial charge in [-0.3, -0.25) is 0 Å². The van der Waals surface area contributed by atoms with Crippen LogP contribution in [0.3, 0.4) is 0 Å². The molecule has 1 rings (SSSR count). The van der Waals surface area contributed by atoms with Gasteiger partial charge in [-0.1, -0.05) is 74.8 Å². The van der Waals surface area contributed by atoms with Gasteiger partial charge in [0.25, 0.3) is 0 Å². The van der Waals surface area contributed by atoms with E-state index in [1.807, 2.05) is 7.11 Å². The molecule has 18 heavy (non-hydrogen) atoms. The van der Waals surface area contributed by atoms with Crippen LogP contribution in [0.5, 0.6) is 0 Å². The zero-order chi connectivity index (χ0) is 14.0. The summed E-state index contributed by atoms with van der Waals surface area (Å²) in [5.41, 5.74) is 0. The van der Waals surface area contributed by atoms with Crippen molar-refractivity contribution >= 4 is 27.5 Å². The van der Waals surface area contributed by atoms with Gasteiger partial charge >= 0.3 is 0 Å². The minimum atomic E-state index is -1.52. The molecule has 0 atom stereocenters. The van der Waals surface area contributed by atoms with Gasteiger partial charge in [-0.15, -0.1) is 0 Å². The van der Waals surface area contributed by atoms with E-state index in [1.54, 1.807) is 5.19 Å². The highest BCUT2D eigenvalue weighted by Gasteiger charge is 2.55. The maximum atomic E-state index is 5.75. The summed E-state index contributed by atoms with van der Waals surface area (Å²) in [7, 11) is -2.16. The Balaban J connectivity index is 3.50. The number of rotatable bonds is 5. The zero-order valence-corrected chi connectivity index (χ0v) is 16.0. The Morgan fingerprint density at radius 1 is 0.833 bits per heavy atom. The van der Waals surface area contributed by atoms with E-state index in [4.69, 9.17) is 4.74 Å². The van der Waals surface area contributed by atoms with Gasteiger partial charge in [-0.25, -0.2) is 0 Å². The molecule has 0 unspecified atom stereocenters. The predicted octanol–water partition coefficient (Wildman–Crippen LogP) is 3.36. The SMILES string of the molecule is COC[Si](c1ccccc1)([Si](C)(C)C)[Si](C)(C)C. The standard InChI is InChI=1S/C14H28OSi3/c1-15-13-18(16(2,3)4,17(5,6)7)14-11-9-8-10-12-14/h8-12H,13H2,1-7H3. The van der Waals surface area contributed by atoms with Crippen molar-refractivity contribution in [3.05, 3.63) is 30.3 Å². The first-order valence-electron chi connectivity index (χ1n) is 6.71. The van der Waals surface area contributed by atoms with E-state index in [2.05, 4.69) is 69.6 Å². The van der Waals surface area contributed by atoms with Crippen LogP contribution < -0.4 is 5.19 Å². The van der Waals surface area contributed by atoms with Crippen molar-refractivity contribution in [3.63, 3.8) is 0 Å². The first-order chi connectivity index (χ1) is 8.17. The summed E-state index contributed by atoms with van der Waals surface area (Å²) in [4.78, 5) is 0. The molecule has 1 aromatic carbocycles. The van der Waals surface area contributed by atoms with Crippen LogP contribution in [0.2, 0.25) is 39.3 Å². The fourth-order valence-electron chi connectivity index (χ4n) is 3.45. The van der Waals surface area contributed by atoms with Gasteiger partial charge in [0.05, 0.1) is 0 Å². The van der Waals surface area contributed by atoms with Gasteiger partial charge in [0.1, 0.15) is 7.11 Å². The van der Waals surface area contributed by atoms with E-state index in [1.165, 1.54) is 0 Å².